The Bertz CT molecular complexity index is 2060. The summed E-state index contributed by atoms with van der Waals surface area (Å²) >= 11 is 0. The lowest BCUT2D eigenvalue weighted by Crippen LogP contribution is -2.31. The fraction of sp³-hybridized carbons (Fsp3) is 0.395. The van der Waals surface area contributed by atoms with Crippen molar-refractivity contribution in [2.24, 2.45) is 12.8 Å². The van der Waals surface area contributed by atoms with Gasteiger partial charge in [-0.05, 0) is 94.2 Å². The Kier molecular flexibility index (Phi) is 19.1. The Morgan fingerprint density at radius 3 is 2.29 bits per heavy atom. The van der Waals surface area contributed by atoms with Gasteiger partial charge in [-0.2, -0.15) is 0 Å². The number of pyridine rings is 2. The second-order valence-corrected chi connectivity index (χ2v) is 13.9. The number of methoxy groups -OCH3 is 2. The van der Waals surface area contributed by atoms with Crippen molar-refractivity contribution >= 4 is 35.5 Å². The number of ether oxygens (including phenoxy) is 3. The number of aryl methyl sites for hydroxylation is 1. The van der Waals surface area contributed by atoms with Crippen LogP contribution in [0.2, 0.25) is 0 Å². The van der Waals surface area contributed by atoms with Crippen LogP contribution >= 0.6 is 0 Å². The van der Waals surface area contributed by atoms with Crippen LogP contribution in [0.15, 0.2) is 71.7 Å². The fourth-order valence-corrected chi connectivity index (χ4v) is 6.12. The van der Waals surface area contributed by atoms with Crippen molar-refractivity contribution in [3.8, 4) is 28.4 Å². The topological polar surface area (TPSA) is 187 Å². The molecule has 58 heavy (non-hydrogen) atoms. The molecule has 4 aromatic rings. The molecule has 0 aliphatic carbocycles. The number of hydrogen-bond acceptors (Lipinski definition) is 13. The van der Waals surface area contributed by atoms with Crippen LogP contribution in [0.25, 0.3) is 21.9 Å². The van der Waals surface area contributed by atoms with Crippen molar-refractivity contribution < 1.29 is 33.4 Å². The number of likely N-dealkylation sites (N-methyl/N-ethyl adjacent to an activating group) is 2. The van der Waals surface area contributed by atoms with Gasteiger partial charge in [0.1, 0.15) is 23.5 Å². The number of aromatic nitrogens is 2. The maximum Gasteiger partial charge on any atom is 0.259 e. The zero-order valence-electron chi connectivity index (χ0n) is 34.6. The molecule has 1 unspecified atom stereocenters. The van der Waals surface area contributed by atoms with Crippen LogP contribution < -0.4 is 36.1 Å². The molecule has 4 N–H and O–H groups in total. The molecule has 0 radical (unpaired) electrons. The molecule has 2 heterocycles. The zero-order valence-corrected chi connectivity index (χ0v) is 34.6. The first-order chi connectivity index (χ1) is 27.9. The quantitative estimate of drug-likeness (QED) is 0.0767. The number of hydrogen-bond donors (Lipinski definition) is 3. The average Bonchev–Trinajstić information content (AvgIpc) is 3.23. The van der Waals surface area contributed by atoms with Crippen LogP contribution in [0.3, 0.4) is 0 Å². The van der Waals surface area contributed by atoms with Gasteiger partial charge in [0.25, 0.3) is 5.56 Å². The standard InChI is InChI=1S/C35H41N5O6.C8H16N2O2/c1-39(19-27(36)17-37-11-6-5-7-13-46-28-9-8-24(22-41)26(14-28)23-42)20-32-33(44-3)15-25(16-34(32)45-4)31-21-40(2)35(43)30-18-38-12-10-29(30)31;1-9-8(12)5-4-7(6-11)10(2)3/h8-10,12,14-18,21-23,37H,5-7,11,13,19-20,36H2,1-4H3;6-7H,4-5H2,1-3H3,(H,9,12)/b27-17-;. The summed E-state index contributed by atoms with van der Waals surface area (Å²) < 4.78 is 18.9. The van der Waals surface area contributed by atoms with E-state index in [2.05, 4.69) is 20.5 Å². The van der Waals surface area contributed by atoms with E-state index in [4.69, 9.17) is 19.9 Å². The van der Waals surface area contributed by atoms with Gasteiger partial charge in [-0.3, -0.25) is 34.0 Å². The third-order valence-electron chi connectivity index (χ3n) is 9.38. The van der Waals surface area contributed by atoms with E-state index in [-0.39, 0.29) is 17.5 Å². The maximum absolute atomic E-state index is 12.7. The molecule has 2 aromatic carbocycles. The third-order valence-corrected chi connectivity index (χ3v) is 9.38. The fourth-order valence-electron chi connectivity index (χ4n) is 6.12. The minimum atomic E-state index is -0.151. The molecule has 2 aromatic heterocycles. The Labute approximate surface area is 340 Å². The van der Waals surface area contributed by atoms with Gasteiger partial charge in [0.15, 0.2) is 12.6 Å². The normalized spacial score (nSPS) is 11.7. The summed E-state index contributed by atoms with van der Waals surface area (Å²) in [5, 5.41) is 7.14. The summed E-state index contributed by atoms with van der Waals surface area (Å²) in [6, 6.07) is 10.5. The monoisotopic (exact) mass is 799 g/mol. The molecule has 0 spiro atoms. The Hall–Kier alpha value is -6.06. The number of fused-ring (bicyclic) bond motifs is 1. The molecule has 312 valence electrons. The summed E-state index contributed by atoms with van der Waals surface area (Å²) in [5.41, 5.74) is 10.2. The highest BCUT2D eigenvalue weighted by Crippen LogP contribution is 2.37. The lowest BCUT2D eigenvalue weighted by Gasteiger charge is -2.22. The highest BCUT2D eigenvalue weighted by molar-refractivity contribution is 5.96. The smallest absolute Gasteiger partial charge is 0.259 e. The number of aldehydes is 3. The van der Waals surface area contributed by atoms with Gasteiger partial charge in [0.05, 0.1) is 37.8 Å². The largest absolute Gasteiger partial charge is 0.496 e. The van der Waals surface area contributed by atoms with Crippen molar-refractivity contribution in [3.05, 3.63) is 93.9 Å². The SMILES string of the molecule is CNC(=O)CCC(C=O)N(C)C.COc1cc(-c2cn(C)c(=O)c3cnccc23)cc(OC)c1CN(C)C/C(N)=C/NCCCCCOc1ccc(C=O)c(C=O)c1. The van der Waals surface area contributed by atoms with Crippen molar-refractivity contribution in [1.82, 2.24) is 30.0 Å². The number of carbonyl (C=O) groups is 4. The van der Waals surface area contributed by atoms with Crippen molar-refractivity contribution in [1.29, 1.82) is 0 Å². The second-order valence-electron chi connectivity index (χ2n) is 13.9. The Balaban J connectivity index is 0.000000648. The molecule has 1 amide bonds. The van der Waals surface area contributed by atoms with Crippen LogP contribution in [0.5, 0.6) is 17.2 Å². The molecule has 0 aliphatic rings. The minimum Gasteiger partial charge on any atom is -0.496 e. The lowest BCUT2D eigenvalue weighted by molar-refractivity contribution is -0.121. The molecular weight excluding hydrogens is 743 g/mol. The predicted molar refractivity (Wildman–Crippen MR) is 226 cm³/mol. The highest BCUT2D eigenvalue weighted by Gasteiger charge is 2.18. The molecule has 0 fully saturated rings. The van der Waals surface area contributed by atoms with E-state index >= 15 is 0 Å². The minimum absolute atomic E-state index is 0.0244. The first kappa shape index (κ1) is 46.3. The maximum atomic E-state index is 12.7. The summed E-state index contributed by atoms with van der Waals surface area (Å²) in [4.78, 5) is 64.0. The number of nitrogens with one attached hydrogen (secondary N) is 2. The van der Waals surface area contributed by atoms with E-state index < -0.39 is 0 Å². The van der Waals surface area contributed by atoms with Crippen LogP contribution in [0, 0.1) is 0 Å². The third kappa shape index (κ3) is 13.6. The van der Waals surface area contributed by atoms with Crippen LogP contribution in [-0.2, 0) is 23.2 Å². The van der Waals surface area contributed by atoms with E-state index in [0.29, 0.717) is 84.6 Å². The van der Waals surface area contributed by atoms with E-state index in [1.807, 2.05) is 51.7 Å². The van der Waals surface area contributed by atoms with E-state index in [1.165, 1.54) is 0 Å². The number of rotatable bonds is 22. The zero-order chi connectivity index (χ0) is 42.6. The summed E-state index contributed by atoms with van der Waals surface area (Å²) in [6.45, 7) is 2.35. The van der Waals surface area contributed by atoms with Gasteiger partial charge in [-0.1, -0.05) is 0 Å². The molecule has 0 saturated heterocycles. The van der Waals surface area contributed by atoms with E-state index in [0.717, 1.165) is 54.2 Å². The lowest BCUT2D eigenvalue weighted by atomic mass is 9.99. The number of carbonyl (C=O) groups excluding carboxylic acids is 4. The molecule has 0 saturated carbocycles. The molecule has 15 nitrogen and oxygen atoms in total. The van der Waals surface area contributed by atoms with Crippen molar-refractivity contribution in [2.45, 2.75) is 44.7 Å². The number of nitrogens with two attached hydrogens (primary N) is 1. The number of nitrogens with zero attached hydrogens (tertiary/aromatic N) is 4. The van der Waals surface area contributed by atoms with Crippen LogP contribution in [0.4, 0.5) is 0 Å². The second kappa shape index (κ2) is 23.9. The van der Waals surface area contributed by atoms with Gasteiger partial charge in [0, 0.05) is 87.3 Å². The highest BCUT2D eigenvalue weighted by atomic mass is 16.5. The molecule has 15 heteroatoms. The molecule has 1 atom stereocenters. The van der Waals surface area contributed by atoms with E-state index in [9.17, 15) is 24.0 Å². The summed E-state index contributed by atoms with van der Waals surface area (Å²) in [6.07, 6.45) is 12.8. The number of amides is 1. The summed E-state index contributed by atoms with van der Waals surface area (Å²) in [5.74, 6) is 1.89. The molecule has 4 rings (SSSR count). The first-order valence-electron chi connectivity index (χ1n) is 19.0. The van der Waals surface area contributed by atoms with Crippen molar-refractivity contribution in [3.63, 3.8) is 0 Å². The number of benzene rings is 2. The van der Waals surface area contributed by atoms with Gasteiger partial charge >= 0.3 is 0 Å². The van der Waals surface area contributed by atoms with Gasteiger partial charge in [-0.25, -0.2) is 0 Å². The number of unbranched alkanes of at least 4 members (excludes halogenated alkanes) is 2. The first-order valence-corrected chi connectivity index (χ1v) is 19.0. The van der Waals surface area contributed by atoms with Crippen LogP contribution in [-0.4, -0.2) is 112 Å². The van der Waals surface area contributed by atoms with E-state index in [1.54, 1.807) is 68.4 Å². The molecular formula is C43H57N7O8. The van der Waals surface area contributed by atoms with Crippen molar-refractivity contribution in [2.75, 3.05) is 62.1 Å². The Morgan fingerprint density at radius 1 is 0.966 bits per heavy atom. The van der Waals surface area contributed by atoms with Gasteiger partial charge in [0.2, 0.25) is 5.91 Å². The average molecular weight is 800 g/mol. The summed E-state index contributed by atoms with van der Waals surface area (Å²) in [7, 11) is 12.2. The van der Waals surface area contributed by atoms with Gasteiger partial charge in [-0.15, -0.1) is 0 Å². The molecule has 0 bridgehead atoms. The van der Waals surface area contributed by atoms with Gasteiger partial charge < -0.3 is 39.9 Å². The predicted octanol–water partition coefficient (Wildman–Crippen LogP) is 3.96. The Morgan fingerprint density at radius 2 is 1.67 bits per heavy atom. The van der Waals surface area contributed by atoms with Crippen LogP contribution in [0.1, 0.15) is 58.4 Å². The molecule has 0 aliphatic heterocycles.